The van der Waals surface area contributed by atoms with Gasteiger partial charge in [0.1, 0.15) is 4.33 Å². The SMILES string of the molecule is Cc1ccccc1[C@H](C)NC(=O)CSC[C@H]1CC1(Cl)Cl. The fourth-order valence-corrected chi connectivity index (χ4v) is 3.96. The van der Waals surface area contributed by atoms with E-state index < -0.39 is 4.33 Å². The molecule has 1 aromatic carbocycles. The minimum Gasteiger partial charge on any atom is -0.349 e. The molecule has 1 aliphatic carbocycles. The quantitative estimate of drug-likeness (QED) is 0.795. The number of hydrogen-bond acceptors (Lipinski definition) is 2. The van der Waals surface area contributed by atoms with Crippen LogP contribution < -0.4 is 5.32 Å². The zero-order valence-corrected chi connectivity index (χ0v) is 14.0. The molecular formula is C15H19Cl2NOS. The third-order valence-corrected chi connectivity index (χ3v) is 5.57. The predicted molar refractivity (Wildman–Crippen MR) is 87.6 cm³/mol. The lowest BCUT2D eigenvalue weighted by Gasteiger charge is -2.16. The van der Waals surface area contributed by atoms with Gasteiger partial charge in [-0.05, 0) is 37.1 Å². The Kier molecular flexibility index (Phi) is 5.27. The summed E-state index contributed by atoms with van der Waals surface area (Å²) in [6, 6.07) is 8.13. The van der Waals surface area contributed by atoms with E-state index in [2.05, 4.69) is 18.3 Å². The molecule has 0 unspecified atom stereocenters. The Labute approximate surface area is 134 Å². The molecule has 0 spiro atoms. The highest BCUT2D eigenvalue weighted by molar-refractivity contribution is 7.99. The first-order valence-electron chi connectivity index (χ1n) is 6.70. The summed E-state index contributed by atoms with van der Waals surface area (Å²) in [4.78, 5) is 11.9. The summed E-state index contributed by atoms with van der Waals surface area (Å²) in [5.74, 6) is 1.69. The molecule has 20 heavy (non-hydrogen) atoms. The molecule has 110 valence electrons. The van der Waals surface area contributed by atoms with E-state index in [1.807, 2.05) is 25.1 Å². The maximum atomic E-state index is 11.9. The fraction of sp³-hybridized carbons (Fsp3) is 0.533. The number of carbonyl (C=O) groups excluding carboxylic acids is 1. The topological polar surface area (TPSA) is 29.1 Å². The van der Waals surface area contributed by atoms with Gasteiger partial charge in [0.2, 0.25) is 5.91 Å². The number of hydrogen-bond donors (Lipinski definition) is 1. The van der Waals surface area contributed by atoms with Crippen molar-refractivity contribution in [3.63, 3.8) is 0 Å². The molecule has 1 aliphatic rings. The normalized spacial score (nSPS) is 21.3. The van der Waals surface area contributed by atoms with Gasteiger partial charge in [0.15, 0.2) is 0 Å². The summed E-state index contributed by atoms with van der Waals surface area (Å²) in [6.45, 7) is 4.06. The van der Waals surface area contributed by atoms with Crippen LogP contribution in [0.1, 0.15) is 30.5 Å². The zero-order chi connectivity index (χ0) is 14.8. The van der Waals surface area contributed by atoms with Crippen LogP contribution in [0.3, 0.4) is 0 Å². The lowest BCUT2D eigenvalue weighted by Crippen LogP contribution is -2.28. The molecule has 1 fully saturated rings. The van der Waals surface area contributed by atoms with Crippen molar-refractivity contribution in [3.05, 3.63) is 35.4 Å². The molecule has 1 aromatic rings. The number of halogens is 2. The number of thioether (sulfide) groups is 1. The highest BCUT2D eigenvalue weighted by atomic mass is 35.5. The van der Waals surface area contributed by atoms with E-state index in [0.29, 0.717) is 11.7 Å². The average molecular weight is 332 g/mol. The van der Waals surface area contributed by atoms with Crippen LogP contribution >= 0.6 is 35.0 Å². The van der Waals surface area contributed by atoms with Gasteiger partial charge in [-0.3, -0.25) is 4.79 Å². The molecular weight excluding hydrogens is 313 g/mol. The number of benzene rings is 1. The monoisotopic (exact) mass is 331 g/mol. The molecule has 5 heteroatoms. The summed E-state index contributed by atoms with van der Waals surface area (Å²) in [5, 5.41) is 3.03. The molecule has 0 saturated heterocycles. The Morgan fingerprint density at radius 2 is 2.15 bits per heavy atom. The van der Waals surface area contributed by atoms with Gasteiger partial charge in [-0.15, -0.1) is 23.2 Å². The Balaban J connectivity index is 1.73. The number of aryl methyl sites for hydroxylation is 1. The highest BCUT2D eigenvalue weighted by Crippen LogP contribution is 2.54. The molecule has 0 aliphatic heterocycles. The first-order valence-corrected chi connectivity index (χ1v) is 8.61. The van der Waals surface area contributed by atoms with Gasteiger partial charge in [-0.2, -0.15) is 11.8 Å². The van der Waals surface area contributed by atoms with Crippen LogP contribution in [0.5, 0.6) is 0 Å². The van der Waals surface area contributed by atoms with E-state index in [0.717, 1.165) is 17.7 Å². The molecule has 0 radical (unpaired) electrons. The third kappa shape index (κ3) is 4.31. The number of nitrogens with one attached hydrogen (secondary N) is 1. The molecule has 1 saturated carbocycles. The van der Waals surface area contributed by atoms with E-state index in [-0.39, 0.29) is 11.9 Å². The van der Waals surface area contributed by atoms with E-state index >= 15 is 0 Å². The molecule has 2 rings (SSSR count). The largest absolute Gasteiger partial charge is 0.349 e. The molecule has 0 aromatic heterocycles. The molecule has 0 bridgehead atoms. The van der Waals surface area contributed by atoms with Gasteiger partial charge in [-0.25, -0.2) is 0 Å². The summed E-state index contributed by atoms with van der Waals surface area (Å²) >= 11 is 13.5. The first kappa shape index (κ1) is 16.0. The molecule has 1 amide bonds. The van der Waals surface area contributed by atoms with Crippen LogP contribution in [-0.4, -0.2) is 21.7 Å². The highest BCUT2D eigenvalue weighted by Gasteiger charge is 2.51. The van der Waals surface area contributed by atoms with Crippen LogP contribution in [0.2, 0.25) is 0 Å². The van der Waals surface area contributed by atoms with E-state index in [4.69, 9.17) is 23.2 Å². The van der Waals surface area contributed by atoms with Crippen molar-refractivity contribution in [2.75, 3.05) is 11.5 Å². The smallest absolute Gasteiger partial charge is 0.230 e. The van der Waals surface area contributed by atoms with Crippen molar-refractivity contribution in [1.82, 2.24) is 5.32 Å². The van der Waals surface area contributed by atoms with Crippen molar-refractivity contribution in [1.29, 1.82) is 0 Å². The van der Waals surface area contributed by atoms with Crippen molar-refractivity contribution < 1.29 is 4.79 Å². The van der Waals surface area contributed by atoms with E-state index in [9.17, 15) is 4.79 Å². The van der Waals surface area contributed by atoms with Gasteiger partial charge < -0.3 is 5.32 Å². The number of carbonyl (C=O) groups is 1. The Morgan fingerprint density at radius 3 is 2.75 bits per heavy atom. The standard InChI is InChI=1S/C15H19Cl2NOS/c1-10-5-3-4-6-13(10)11(2)18-14(19)9-20-8-12-7-15(12,16)17/h3-6,11-12H,7-9H2,1-2H3,(H,18,19)/t11-,12+/m0/s1. The first-order chi connectivity index (χ1) is 9.40. The van der Waals surface area contributed by atoms with Crippen LogP contribution in [0, 0.1) is 12.8 Å². The maximum absolute atomic E-state index is 11.9. The van der Waals surface area contributed by atoms with Gasteiger partial charge in [0, 0.05) is 5.92 Å². The lowest BCUT2D eigenvalue weighted by atomic mass is 10.0. The summed E-state index contributed by atoms with van der Waals surface area (Å²) in [5.41, 5.74) is 2.36. The third-order valence-electron chi connectivity index (χ3n) is 3.54. The molecule has 1 N–H and O–H groups in total. The Morgan fingerprint density at radius 1 is 1.50 bits per heavy atom. The van der Waals surface area contributed by atoms with Crippen LogP contribution in [0.15, 0.2) is 24.3 Å². The predicted octanol–water partition coefficient (Wildman–Crippen LogP) is 4.10. The zero-order valence-electron chi connectivity index (χ0n) is 11.7. The number of alkyl halides is 2. The average Bonchev–Trinajstić information content (AvgIpc) is 2.97. The van der Waals surface area contributed by atoms with Crippen LogP contribution in [0.25, 0.3) is 0 Å². The maximum Gasteiger partial charge on any atom is 0.230 e. The van der Waals surface area contributed by atoms with Gasteiger partial charge in [-0.1, -0.05) is 24.3 Å². The fourth-order valence-electron chi connectivity index (χ4n) is 2.18. The minimum absolute atomic E-state index is 0.0327. The molecule has 2 nitrogen and oxygen atoms in total. The summed E-state index contributed by atoms with van der Waals surface area (Å²) in [7, 11) is 0. The van der Waals surface area contributed by atoms with Crippen molar-refractivity contribution in [2.24, 2.45) is 5.92 Å². The lowest BCUT2D eigenvalue weighted by molar-refractivity contribution is -0.119. The van der Waals surface area contributed by atoms with Crippen LogP contribution in [-0.2, 0) is 4.79 Å². The number of amides is 1. The van der Waals surface area contributed by atoms with Crippen molar-refractivity contribution in [3.8, 4) is 0 Å². The van der Waals surface area contributed by atoms with Gasteiger partial charge >= 0.3 is 0 Å². The Bertz CT molecular complexity index is 493. The summed E-state index contributed by atoms with van der Waals surface area (Å²) < 4.78 is -0.544. The molecule has 2 atom stereocenters. The van der Waals surface area contributed by atoms with Gasteiger partial charge in [0.25, 0.3) is 0 Å². The summed E-state index contributed by atoms with van der Waals surface area (Å²) in [6.07, 6.45) is 0.838. The second kappa shape index (κ2) is 6.59. The van der Waals surface area contributed by atoms with Gasteiger partial charge in [0.05, 0.1) is 11.8 Å². The minimum atomic E-state index is -0.544. The van der Waals surface area contributed by atoms with E-state index in [1.54, 1.807) is 11.8 Å². The van der Waals surface area contributed by atoms with Crippen LogP contribution in [0.4, 0.5) is 0 Å². The van der Waals surface area contributed by atoms with Crippen molar-refractivity contribution in [2.45, 2.75) is 30.6 Å². The molecule has 0 heterocycles. The Hall–Kier alpha value is -0.380. The van der Waals surface area contributed by atoms with Crippen molar-refractivity contribution >= 4 is 40.9 Å². The number of rotatable bonds is 6. The van der Waals surface area contributed by atoms with E-state index in [1.165, 1.54) is 5.56 Å². The second-order valence-corrected chi connectivity index (χ2v) is 7.90. The second-order valence-electron chi connectivity index (χ2n) is 5.32.